The summed E-state index contributed by atoms with van der Waals surface area (Å²) in [4.78, 5) is 26.1. The number of amides is 2. The summed E-state index contributed by atoms with van der Waals surface area (Å²) in [5.41, 5.74) is 0. The van der Waals surface area contributed by atoms with Gasteiger partial charge in [0.1, 0.15) is 6.04 Å². The highest BCUT2D eigenvalue weighted by molar-refractivity contribution is 5.83. The van der Waals surface area contributed by atoms with Crippen LogP contribution in [0.5, 0.6) is 0 Å². The Hall–Kier alpha value is -1.77. The number of carbonyl (C=O) groups is 2. The number of nitrogens with zero attached hydrogens (tertiary/aromatic N) is 3. The van der Waals surface area contributed by atoms with Crippen molar-refractivity contribution in [2.75, 3.05) is 20.1 Å². The second-order valence-corrected chi connectivity index (χ2v) is 4.94. The number of rotatable bonds is 3. The SMILES string of the molecule is CC(C#N)CN(C)C(=O)N1CCC(C)C1C(=O)O. The molecule has 1 saturated heterocycles. The molecule has 6 heteroatoms. The molecule has 0 aromatic heterocycles. The van der Waals surface area contributed by atoms with E-state index in [0.29, 0.717) is 19.5 Å². The molecule has 3 atom stereocenters. The summed E-state index contributed by atoms with van der Waals surface area (Å²) in [6.45, 7) is 4.34. The Balaban J connectivity index is 2.72. The summed E-state index contributed by atoms with van der Waals surface area (Å²) in [7, 11) is 1.60. The van der Waals surface area contributed by atoms with Crippen LogP contribution in [0, 0.1) is 23.2 Å². The van der Waals surface area contributed by atoms with Crippen molar-refractivity contribution < 1.29 is 14.7 Å². The number of hydrogen-bond acceptors (Lipinski definition) is 3. The maximum atomic E-state index is 12.1. The molecule has 6 nitrogen and oxygen atoms in total. The van der Waals surface area contributed by atoms with Gasteiger partial charge in [-0.1, -0.05) is 6.92 Å². The van der Waals surface area contributed by atoms with Crippen molar-refractivity contribution in [3.05, 3.63) is 0 Å². The van der Waals surface area contributed by atoms with E-state index in [1.807, 2.05) is 6.92 Å². The monoisotopic (exact) mass is 253 g/mol. The molecule has 1 N–H and O–H groups in total. The summed E-state index contributed by atoms with van der Waals surface area (Å²) in [6.07, 6.45) is 0.699. The molecule has 0 aliphatic carbocycles. The van der Waals surface area contributed by atoms with E-state index in [1.165, 1.54) is 9.80 Å². The highest BCUT2D eigenvalue weighted by Gasteiger charge is 2.40. The Morgan fingerprint density at radius 3 is 2.72 bits per heavy atom. The molecule has 0 aromatic carbocycles. The van der Waals surface area contributed by atoms with E-state index in [0.717, 1.165) is 0 Å². The number of aliphatic carboxylic acids is 1. The summed E-state index contributed by atoms with van der Waals surface area (Å²) >= 11 is 0. The van der Waals surface area contributed by atoms with Crippen LogP contribution in [0.2, 0.25) is 0 Å². The molecule has 1 aliphatic heterocycles. The van der Waals surface area contributed by atoms with Crippen LogP contribution in [0.25, 0.3) is 0 Å². The smallest absolute Gasteiger partial charge is 0.326 e. The molecule has 0 saturated carbocycles. The van der Waals surface area contributed by atoms with Gasteiger partial charge in [-0.25, -0.2) is 9.59 Å². The second-order valence-electron chi connectivity index (χ2n) is 4.94. The van der Waals surface area contributed by atoms with Crippen molar-refractivity contribution in [2.24, 2.45) is 11.8 Å². The molecule has 2 amide bonds. The van der Waals surface area contributed by atoms with Crippen LogP contribution in [-0.4, -0.2) is 53.1 Å². The van der Waals surface area contributed by atoms with Crippen molar-refractivity contribution in [3.63, 3.8) is 0 Å². The number of nitriles is 1. The number of likely N-dealkylation sites (tertiary alicyclic amines) is 1. The van der Waals surface area contributed by atoms with Crippen molar-refractivity contribution in [2.45, 2.75) is 26.3 Å². The van der Waals surface area contributed by atoms with Crippen LogP contribution in [0.4, 0.5) is 4.79 Å². The zero-order valence-electron chi connectivity index (χ0n) is 11.0. The lowest BCUT2D eigenvalue weighted by molar-refractivity contribution is -0.142. The van der Waals surface area contributed by atoms with Gasteiger partial charge in [-0.15, -0.1) is 0 Å². The number of urea groups is 1. The minimum absolute atomic E-state index is 0.0340. The molecule has 0 aromatic rings. The summed E-state index contributed by atoms with van der Waals surface area (Å²) < 4.78 is 0. The third-order valence-electron chi connectivity index (χ3n) is 3.29. The number of hydrogen-bond donors (Lipinski definition) is 1. The third-order valence-corrected chi connectivity index (χ3v) is 3.29. The van der Waals surface area contributed by atoms with Gasteiger partial charge in [-0.3, -0.25) is 0 Å². The van der Waals surface area contributed by atoms with Crippen LogP contribution < -0.4 is 0 Å². The Morgan fingerprint density at radius 2 is 2.22 bits per heavy atom. The third kappa shape index (κ3) is 2.92. The average molecular weight is 253 g/mol. The Bertz CT molecular complexity index is 377. The van der Waals surface area contributed by atoms with Gasteiger partial charge in [0.25, 0.3) is 0 Å². The quantitative estimate of drug-likeness (QED) is 0.813. The van der Waals surface area contributed by atoms with Crippen molar-refractivity contribution in [1.82, 2.24) is 9.80 Å². The zero-order chi connectivity index (χ0) is 13.9. The fraction of sp³-hybridized carbons (Fsp3) is 0.750. The van der Waals surface area contributed by atoms with Crippen LogP contribution in [-0.2, 0) is 4.79 Å². The zero-order valence-corrected chi connectivity index (χ0v) is 11.0. The maximum absolute atomic E-state index is 12.1. The molecule has 1 fully saturated rings. The highest BCUT2D eigenvalue weighted by atomic mass is 16.4. The van der Waals surface area contributed by atoms with Crippen molar-refractivity contribution in [3.8, 4) is 6.07 Å². The molecule has 0 spiro atoms. The first-order valence-corrected chi connectivity index (χ1v) is 6.02. The minimum Gasteiger partial charge on any atom is -0.480 e. The summed E-state index contributed by atoms with van der Waals surface area (Å²) in [6, 6.07) is 0.992. The van der Waals surface area contributed by atoms with Crippen molar-refractivity contribution in [1.29, 1.82) is 5.26 Å². The Labute approximate surface area is 107 Å². The van der Waals surface area contributed by atoms with E-state index in [9.17, 15) is 9.59 Å². The lowest BCUT2D eigenvalue weighted by Crippen LogP contribution is -2.48. The van der Waals surface area contributed by atoms with Gasteiger partial charge in [0.2, 0.25) is 0 Å². The van der Waals surface area contributed by atoms with Crippen LogP contribution in [0.15, 0.2) is 0 Å². The molecule has 0 radical (unpaired) electrons. The first-order valence-electron chi connectivity index (χ1n) is 6.02. The molecule has 3 unspecified atom stereocenters. The predicted octanol–water partition coefficient (Wildman–Crippen LogP) is 0.993. The van der Waals surface area contributed by atoms with E-state index >= 15 is 0 Å². The molecule has 1 rings (SSSR count). The highest BCUT2D eigenvalue weighted by Crippen LogP contribution is 2.25. The molecular formula is C12H19N3O3. The number of carboxylic acid groups (broad SMARTS) is 1. The largest absolute Gasteiger partial charge is 0.480 e. The lowest BCUT2D eigenvalue weighted by atomic mass is 10.0. The first-order chi connectivity index (χ1) is 8.38. The van der Waals surface area contributed by atoms with Gasteiger partial charge < -0.3 is 14.9 Å². The van der Waals surface area contributed by atoms with Crippen molar-refractivity contribution >= 4 is 12.0 Å². The van der Waals surface area contributed by atoms with E-state index in [4.69, 9.17) is 10.4 Å². The fourth-order valence-electron chi connectivity index (χ4n) is 2.29. The topological polar surface area (TPSA) is 84.6 Å². The number of carboxylic acids is 1. The van der Waals surface area contributed by atoms with Crippen LogP contribution in [0.1, 0.15) is 20.3 Å². The van der Waals surface area contributed by atoms with E-state index in [2.05, 4.69) is 6.07 Å². The van der Waals surface area contributed by atoms with Gasteiger partial charge in [0.15, 0.2) is 0 Å². The average Bonchev–Trinajstić information content (AvgIpc) is 2.69. The molecule has 100 valence electrons. The van der Waals surface area contributed by atoms with E-state index < -0.39 is 12.0 Å². The predicted molar refractivity (Wildman–Crippen MR) is 64.7 cm³/mol. The van der Waals surface area contributed by atoms with E-state index in [1.54, 1.807) is 14.0 Å². The normalized spacial score (nSPS) is 24.4. The van der Waals surface area contributed by atoms with Gasteiger partial charge >= 0.3 is 12.0 Å². The van der Waals surface area contributed by atoms with Gasteiger partial charge in [-0.2, -0.15) is 5.26 Å². The van der Waals surface area contributed by atoms with Crippen LogP contribution in [0.3, 0.4) is 0 Å². The Morgan fingerprint density at radius 1 is 1.61 bits per heavy atom. The standard InChI is InChI=1S/C12H19N3O3/c1-8(6-13)7-14(3)12(18)15-5-4-9(2)10(15)11(16)17/h8-10H,4-5,7H2,1-3H3,(H,16,17). The molecule has 1 heterocycles. The molecule has 1 aliphatic rings. The minimum atomic E-state index is -0.963. The maximum Gasteiger partial charge on any atom is 0.326 e. The number of carbonyl (C=O) groups excluding carboxylic acids is 1. The van der Waals surface area contributed by atoms with Gasteiger partial charge in [0, 0.05) is 20.1 Å². The van der Waals surface area contributed by atoms with Gasteiger partial charge in [0.05, 0.1) is 12.0 Å². The summed E-state index contributed by atoms with van der Waals surface area (Å²) in [5, 5.41) is 17.9. The Kier molecular flexibility index (Phi) is 4.54. The van der Waals surface area contributed by atoms with E-state index in [-0.39, 0.29) is 17.9 Å². The second kappa shape index (κ2) is 5.71. The lowest BCUT2D eigenvalue weighted by Gasteiger charge is -2.29. The first kappa shape index (κ1) is 14.3. The molecule has 18 heavy (non-hydrogen) atoms. The van der Waals surface area contributed by atoms with Crippen LogP contribution >= 0.6 is 0 Å². The fourth-order valence-corrected chi connectivity index (χ4v) is 2.29. The summed E-state index contributed by atoms with van der Waals surface area (Å²) in [5.74, 6) is -1.26. The van der Waals surface area contributed by atoms with Gasteiger partial charge in [-0.05, 0) is 19.3 Å². The molecule has 0 bridgehead atoms. The molecular weight excluding hydrogens is 234 g/mol.